The van der Waals surface area contributed by atoms with E-state index in [4.69, 9.17) is 16.3 Å². The van der Waals surface area contributed by atoms with E-state index in [0.717, 1.165) is 22.7 Å². The second-order valence-corrected chi connectivity index (χ2v) is 5.91. The zero-order valence-corrected chi connectivity index (χ0v) is 12.2. The summed E-state index contributed by atoms with van der Waals surface area (Å²) in [5.41, 5.74) is 2.29. The molecule has 0 unspecified atom stereocenters. The van der Waals surface area contributed by atoms with Crippen LogP contribution in [-0.4, -0.2) is 18.7 Å². The molecule has 0 aliphatic rings. The Bertz CT molecular complexity index is 378. The number of nitrogens with one attached hydrogen (secondary N) is 1. The molecule has 0 fully saturated rings. The van der Waals surface area contributed by atoms with Crippen LogP contribution < -0.4 is 5.32 Å². The maximum absolute atomic E-state index is 5.82. The molecule has 0 aliphatic carbocycles. The van der Waals surface area contributed by atoms with Gasteiger partial charge in [0.25, 0.3) is 0 Å². The van der Waals surface area contributed by atoms with Gasteiger partial charge in [0.05, 0.1) is 13.2 Å². The van der Waals surface area contributed by atoms with Crippen molar-refractivity contribution in [2.24, 2.45) is 0 Å². The van der Waals surface area contributed by atoms with Gasteiger partial charge >= 0.3 is 0 Å². The van der Waals surface area contributed by atoms with Gasteiger partial charge in [-0.05, 0) is 44.0 Å². The summed E-state index contributed by atoms with van der Waals surface area (Å²) in [6.45, 7) is 12.3. The smallest absolute Gasteiger partial charge is 0.0721 e. The lowest BCUT2D eigenvalue weighted by Gasteiger charge is -2.21. The first-order valence-corrected chi connectivity index (χ1v) is 6.48. The Hall–Kier alpha value is -0.830. The van der Waals surface area contributed by atoms with Crippen molar-refractivity contribution in [3.8, 4) is 0 Å². The molecule has 1 N–H and O–H groups in total. The number of benzene rings is 1. The van der Waals surface area contributed by atoms with Crippen molar-refractivity contribution in [2.45, 2.75) is 32.9 Å². The molecule has 0 atom stereocenters. The van der Waals surface area contributed by atoms with Gasteiger partial charge in [-0.1, -0.05) is 30.3 Å². The minimum Gasteiger partial charge on any atom is -0.372 e. The highest BCUT2D eigenvalue weighted by Crippen LogP contribution is 2.10. The largest absolute Gasteiger partial charge is 0.372 e. The fraction of sp³-hybridized carbons (Fsp3) is 0.467. The highest BCUT2D eigenvalue weighted by atomic mass is 35.5. The molecule has 3 heteroatoms. The van der Waals surface area contributed by atoms with Crippen LogP contribution in [0.4, 0.5) is 0 Å². The molecule has 1 rings (SSSR count). The van der Waals surface area contributed by atoms with Crippen LogP contribution in [0.3, 0.4) is 0 Å². The second-order valence-electron chi connectivity index (χ2n) is 5.47. The van der Waals surface area contributed by atoms with E-state index in [1.54, 1.807) is 0 Å². The molecule has 1 aromatic rings. The summed E-state index contributed by atoms with van der Waals surface area (Å²) in [7, 11) is 0. The average molecular weight is 268 g/mol. The second kappa shape index (κ2) is 6.93. The molecule has 0 saturated heterocycles. The number of hydrogen-bond donors (Lipinski definition) is 1. The van der Waals surface area contributed by atoms with E-state index in [0.29, 0.717) is 13.2 Å². The van der Waals surface area contributed by atoms with Crippen molar-refractivity contribution in [3.05, 3.63) is 47.0 Å². The first-order chi connectivity index (χ1) is 8.37. The zero-order chi connectivity index (χ0) is 13.6. The molecule has 0 spiro atoms. The van der Waals surface area contributed by atoms with Crippen LogP contribution in [-0.2, 0) is 11.3 Å². The lowest BCUT2D eigenvalue weighted by molar-refractivity contribution is 0.140. The minimum absolute atomic E-state index is 0.110. The Labute approximate surface area is 115 Å². The first kappa shape index (κ1) is 15.2. The highest BCUT2D eigenvalue weighted by molar-refractivity contribution is 6.30. The summed E-state index contributed by atoms with van der Waals surface area (Å²) < 4.78 is 5.60. The number of halogens is 1. The maximum atomic E-state index is 5.82. The van der Waals surface area contributed by atoms with Crippen molar-refractivity contribution in [1.29, 1.82) is 0 Å². The summed E-state index contributed by atoms with van der Waals surface area (Å²) in [4.78, 5) is 0. The lowest BCUT2D eigenvalue weighted by Crippen LogP contribution is -2.37. The zero-order valence-electron chi connectivity index (χ0n) is 11.4. The molecule has 0 radical (unpaired) electrons. The average Bonchev–Trinajstić information content (AvgIpc) is 2.28. The molecule has 2 nitrogen and oxygen atoms in total. The van der Waals surface area contributed by atoms with Crippen LogP contribution >= 0.6 is 11.6 Å². The summed E-state index contributed by atoms with van der Waals surface area (Å²) in [5.74, 6) is 0. The van der Waals surface area contributed by atoms with Gasteiger partial charge in [-0.3, -0.25) is 0 Å². The molecule has 0 aromatic heterocycles. The van der Waals surface area contributed by atoms with Gasteiger partial charge in [0, 0.05) is 17.1 Å². The number of hydrogen-bond acceptors (Lipinski definition) is 2. The summed E-state index contributed by atoms with van der Waals surface area (Å²) in [6, 6.07) is 7.68. The quantitative estimate of drug-likeness (QED) is 0.792. The molecule has 100 valence electrons. The molecule has 0 bridgehead atoms. The Balaban J connectivity index is 2.21. The van der Waals surface area contributed by atoms with E-state index in [-0.39, 0.29) is 5.54 Å². The van der Waals surface area contributed by atoms with Gasteiger partial charge in [0.15, 0.2) is 0 Å². The molecule has 18 heavy (non-hydrogen) atoms. The maximum Gasteiger partial charge on any atom is 0.0721 e. The predicted octanol–water partition coefficient (Wildman–Crippen LogP) is 3.80. The third kappa shape index (κ3) is 6.80. The summed E-state index contributed by atoms with van der Waals surface area (Å²) in [6.07, 6.45) is 0. The molecular formula is C15H22ClNO. The van der Waals surface area contributed by atoms with E-state index in [1.165, 1.54) is 0 Å². The number of rotatable bonds is 6. The van der Waals surface area contributed by atoms with Crippen LogP contribution in [0, 0.1) is 0 Å². The first-order valence-electron chi connectivity index (χ1n) is 6.11. The Morgan fingerprint density at radius 1 is 1.28 bits per heavy atom. The Morgan fingerprint density at radius 2 is 1.89 bits per heavy atom. The fourth-order valence-electron chi connectivity index (χ4n) is 1.34. The lowest BCUT2D eigenvalue weighted by atomic mass is 10.1. The molecule has 0 aliphatic heterocycles. The van der Waals surface area contributed by atoms with Gasteiger partial charge in [-0.2, -0.15) is 0 Å². The monoisotopic (exact) mass is 267 g/mol. The van der Waals surface area contributed by atoms with Gasteiger partial charge in [-0.15, -0.1) is 0 Å². The van der Waals surface area contributed by atoms with Crippen LogP contribution in [0.1, 0.15) is 26.3 Å². The topological polar surface area (TPSA) is 21.3 Å². The van der Waals surface area contributed by atoms with Gasteiger partial charge in [-0.25, -0.2) is 0 Å². The molecule has 0 heterocycles. The van der Waals surface area contributed by atoms with Crippen LogP contribution in [0.2, 0.25) is 5.02 Å². The van der Waals surface area contributed by atoms with Crippen LogP contribution in [0.15, 0.2) is 36.4 Å². The van der Waals surface area contributed by atoms with Crippen molar-refractivity contribution in [2.75, 3.05) is 13.2 Å². The summed E-state index contributed by atoms with van der Waals surface area (Å²) in [5, 5.41) is 4.13. The SMILES string of the molecule is C=C(CNC(C)(C)C)COCc1ccc(Cl)cc1. The van der Waals surface area contributed by atoms with Gasteiger partial charge in [0.2, 0.25) is 0 Å². The van der Waals surface area contributed by atoms with Gasteiger partial charge in [0.1, 0.15) is 0 Å². The van der Waals surface area contributed by atoms with Crippen molar-refractivity contribution in [3.63, 3.8) is 0 Å². The number of ether oxygens (including phenoxy) is 1. The standard InChI is InChI=1S/C15H22ClNO/c1-12(9-17-15(2,3)4)10-18-11-13-5-7-14(16)8-6-13/h5-8,17H,1,9-11H2,2-4H3. The third-order valence-corrected chi connectivity index (χ3v) is 2.61. The highest BCUT2D eigenvalue weighted by Gasteiger charge is 2.08. The predicted molar refractivity (Wildman–Crippen MR) is 78.0 cm³/mol. The van der Waals surface area contributed by atoms with E-state index >= 15 is 0 Å². The van der Waals surface area contributed by atoms with E-state index < -0.39 is 0 Å². The Morgan fingerprint density at radius 3 is 2.44 bits per heavy atom. The molecular weight excluding hydrogens is 246 g/mol. The van der Waals surface area contributed by atoms with Gasteiger partial charge < -0.3 is 10.1 Å². The fourth-order valence-corrected chi connectivity index (χ4v) is 1.46. The minimum atomic E-state index is 0.110. The van der Waals surface area contributed by atoms with Crippen molar-refractivity contribution < 1.29 is 4.74 Å². The third-order valence-electron chi connectivity index (χ3n) is 2.36. The normalized spacial score (nSPS) is 11.6. The molecule has 1 aromatic carbocycles. The van der Waals surface area contributed by atoms with E-state index in [2.05, 4.69) is 32.7 Å². The Kier molecular flexibility index (Phi) is 5.86. The van der Waals surface area contributed by atoms with E-state index in [1.807, 2.05) is 24.3 Å². The van der Waals surface area contributed by atoms with Crippen LogP contribution in [0.25, 0.3) is 0 Å². The van der Waals surface area contributed by atoms with Crippen LogP contribution in [0.5, 0.6) is 0 Å². The summed E-state index contributed by atoms with van der Waals surface area (Å²) >= 11 is 5.82. The van der Waals surface area contributed by atoms with Crippen molar-refractivity contribution >= 4 is 11.6 Å². The van der Waals surface area contributed by atoms with E-state index in [9.17, 15) is 0 Å². The molecule has 0 saturated carbocycles. The molecule has 0 amide bonds. The van der Waals surface area contributed by atoms with Crippen molar-refractivity contribution in [1.82, 2.24) is 5.32 Å².